The minimum atomic E-state index is -0.0309. The number of anilines is 1. The molecule has 5 nitrogen and oxygen atoms in total. The Morgan fingerprint density at radius 1 is 1.17 bits per heavy atom. The molecule has 0 radical (unpaired) electrons. The second-order valence-corrected chi connectivity index (χ2v) is 4.09. The molecule has 18 heavy (non-hydrogen) atoms. The Balaban J connectivity index is 2.14. The highest BCUT2D eigenvalue weighted by atomic mass is 16.1. The van der Waals surface area contributed by atoms with Gasteiger partial charge in [-0.25, -0.2) is 0 Å². The molecular formula is C13H16N4O. The fraction of sp³-hybridized carbons (Fsp3) is 0.308. The summed E-state index contributed by atoms with van der Waals surface area (Å²) in [5, 5.41) is 16.3. The Bertz CT molecular complexity index is 568. The first-order valence-corrected chi connectivity index (χ1v) is 5.89. The third kappa shape index (κ3) is 2.74. The monoisotopic (exact) mass is 244 g/mol. The van der Waals surface area contributed by atoms with Crippen LogP contribution in [0, 0.1) is 6.92 Å². The normalized spacial score (nSPS) is 10.3. The number of carbonyl (C=O) groups excluding carboxylic acids is 1. The lowest BCUT2D eigenvalue weighted by atomic mass is 10.1. The predicted octanol–water partition coefficient (Wildman–Crippen LogP) is 1.49. The molecule has 0 aliphatic rings. The Kier molecular flexibility index (Phi) is 3.72. The van der Waals surface area contributed by atoms with Gasteiger partial charge in [0.15, 0.2) is 5.82 Å². The Morgan fingerprint density at radius 2 is 1.89 bits per heavy atom. The summed E-state index contributed by atoms with van der Waals surface area (Å²) < 4.78 is 0. The van der Waals surface area contributed by atoms with Crippen molar-refractivity contribution in [2.45, 2.75) is 13.8 Å². The third-order valence-electron chi connectivity index (χ3n) is 2.66. The topological polar surface area (TPSA) is 66.9 Å². The number of nitrogens with zero attached hydrogens (tertiary/aromatic N) is 2. The van der Waals surface area contributed by atoms with E-state index in [2.05, 4.69) is 20.8 Å². The minimum Gasteiger partial charge on any atom is -0.366 e. The second kappa shape index (κ2) is 5.44. The van der Waals surface area contributed by atoms with Crippen LogP contribution in [-0.4, -0.2) is 29.2 Å². The maximum absolute atomic E-state index is 10.7. The number of benzene rings is 1. The Hall–Kier alpha value is -2.17. The lowest BCUT2D eigenvalue weighted by Crippen LogP contribution is -2.26. The number of amides is 1. The van der Waals surface area contributed by atoms with Crippen LogP contribution < -0.4 is 10.6 Å². The number of nitrogens with one attached hydrogen (secondary N) is 2. The van der Waals surface area contributed by atoms with Crippen LogP contribution in [0.5, 0.6) is 0 Å². The van der Waals surface area contributed by atoms with Crippen LogP contribution in [0.25, 0.3) is 10.8 Å². The summed E-state index contributed by atoms with van der Waals surface area (Å²) in [6.45, 7) is 4.64. The molecular weight excluding hydrogens is 228 g/mol. The van der Waals surface area contributed by atoms with E-state index < -0.39 is 0 Å². The van der Waals surface area contributed by atoms with Crippen molar-refractivity contribution in [2.24, 2.45) is 0 Å². The fourth-order valence-electron chi connectivity index (χ4n) is 1.79. The molecule has 0 atom stereocenters. The molecule has 0 bridgehead atoms. The molecule has 0 unspecified atom stereocenters. The zero-order valence-corrected chi connectivity index (χ0v) is 10.5. The molecule has 5 heteroatoms. The summed E-state index contributed by atoms with van der Waals surface area (Å²) in [6.07, 6.45) is 0. The smallest absolute Gasteiger partial charge is 0.216 e. The molecule has 2 N–H and O–H groups in total. The maximum atomic E-state index is 10.7. The van der Waals surface area contributed by atoms with Crippen LogP contribution in [0.1, 0.15) is 12.6 Å². The van der Waals surface area contributed by atoms with Gasteiger partial charge in [0, 0.05) is 30.8 Å². The van der Waals surface area contributed by atoms with Crippen molar-refractivity contribution in [1.29, 1.82) is 0 Å². The van der Waals surface area contributed by atoms with Gasteiger partial charge in [-0.15, -0.1) is 5.10 Å². The van der Waals surface area contributed by atoms with E-state index in [4.69, 9.17) is 0 Å². The van der Waals surface area contributed by atoms with Crippen molar-refractivity contribution in [3.8, 4) is 0 Å². The molecule has 2 rings (SSSR count). The summed E-state index contributed by atoms with van der Waals surface area (Å²) >= 11 is 0. The lowest BCUT2D eigenvalue weighted by molar-refractivity contribution is -0.118. The number of hydrogen-bond donors (Lipinski definition) is 2. The zero-order chi connectivity index (χ0) is 13.0. The predicted molar refractivity (Wildman–Crippen MR) is 71.4 cm³/mol. The van der Waals surface area contributed by atoms with E-state index in [-0.39, 0.29) is 5.91 Å². The first kappa shape index (κ1) is 12.3. The first-order valence-electron chi connectivity index (χ1n) is 5.89. The van der Waals surface area contributed by atoms with E-state index in [1.807, 2.05) is 31.2 Å². The molecule has 1 heterocycles. The number of carbonyl (C=O) groups is 1. The average Bonchev–Trinajstić information content (AvgIpc) is 2.37. The van der Waals surface area contributed by atoms with Gasteiger partial charge in [-0.05, 0) is 6.92 Å². The summed E-state index contributed by atoms with van der Waals surface area (Å²) in [4.78, 5) is 10.7. The van der Waals surface area contributed by atoms with Crippen molar-refractivity contribution in [2.75, 3.05) is 18.4 Å². The molecule has 0 spiro atoms. The van der Waals surface area contributed by atoms with Gasteiger partial charge in [-0.1, -0.05) is 24.3 Å². The van der Waals surface area contributed by atoms with Crippen molar-refractivity contribution in [3.63, 3.8) is 0 Å². The van der Waals surface area contributed by atoms with Gasteiger partial charge in [-0.3, -0.25) is 4.79 Å². The highest BCUT2D eigenvalue weighted by Gasteiger charge is 2.05. The van der Waals surface area contributed by atoms with Crippen molar-refractivity contribution in [3.05, 3.63) is 30.0 Å². The highest BCUT2D eigenvalue weighted by Crippen LogP contribution is 2.21. The second-order valence-electron chi connectivity index (χ2n) is 4.09. The van der Waals surface area contributed by atoms with E-state index in [0.29, 0.717) is 13.1 Å². The summed E-state index contributed by atoms with van der Waals surface area (Å²) in [6, 6.07) is 8.00. The number of hydrogen-bond acceptors (Lipinski definition) is 4. The van der Waals surface area contributed by atoms with Crippen LogP contribution >= 0.6 is 0 Å². The van der Waals surface area contributed by atoms with Crippen molar-refractivity contribution in [1.82, 2.24) is 15.5 Å². The Labute approximate surface area is 106 Å². The zero-order valence-electron chi connectivity index (χ0n) is 10.5. The van der Waals surface area contributed by atoms with E-state index in [1.165, 1.54) is 6.92 Å². The van der Waals surface area contributed by atoms with Crippen LogP contribution in [0.2, 0.25) is 0 Å². The molecule has 1 amide bonds. The number of aryl methyl sites for hydroxylation is 1. The molecule has 0 fully saturated rings. The van der Waals surface area contributed by atoms with Crippen LogP contribution in [0.15, 0.2) is 24.3 Å². The average molecular weight is 244 g/mol. The van der Waals surface area contributed by atoms with Crippen LogP contribution in [-0.2, 0) is 4.79 Å². The molecule has 1 aromatic heterocycles. The van der Waals surface area contributed by atoms with E-state index in [9.17, 15) is 4.79 Å². The van der Waals surface area contributed by atoms with Gasteiger partial charge in [0.05, 0.1) is 5.69 Å². The molecule has 0 saturated heterocycles. The third-order valence-corrected chi connectivity index (χ3v) is 2.66. The molecule has 0 saturated carbocycles. The van der Waals surface area contributed by atoms with Gasteiger partial charge in [0.25, 0.3) is 0 Å². The van der Waals surface area contributed by atoms with Crippen molar-refractivity contribution >= 4 is 22.5 Å². The van der Waals surface area contributed by atoms with Crippen LogP contribution in [0.3, 0.4) is 0 Å². The van der Waals surface area contributed by atoms with Crippen molar-refractivity contribution < 1.29 is 4.79 Å². The summed E-state index contributed by atoms with van der Waals surface area (Å²) in [7, 11) is 0. The quantitative estimate of drug-likeness (QED) is 0.800. The standard InChI is InChI=1S/C13H16N4O/c1-9-11-5-3-4-6-12(11)13(17-16-9)15-8-7-14-10(2)18/h3-6H,7-8H2,1-2H3,(H,14,18)(H,15,17). The van der Waals surface area contributed by atoms with Gasteiger partial charge in [-0.2, -0.15) is 5.10 Å². The number of rotatable bonds is 4. The highest BCUT2D eigenvalue weighted by molar-refractivity contribution is 5.92. The van der Waals surface area contributed by atoms with Crippen LogP contribution in [0.4, 0.5) is 5.82 Å². The van der Waals surface area contributed by atoms with Gasteiger partial charge >= 0.3 is 0 Å². The largest absolute Gasteiger partial charge is 0.366 e. The molecule has 2 aromatic rings. The fourth-order valence-corrected chi connectivity index (χ4v) is 1.79. The summed E-state index contributed by atoms with van der Waals surface area (Å²) in [5.74, 6) is 0.721. The number of aromatic nitrogens is 2. The van der Waals surface area contributed by atoms with Gasteiger partial charge < -0.3 is 10.6 Å². The maximum Gasteiger partial charge on any atom is 0.216 e. The molecule has 1 aromatic carbocycles. The SMILES string of the molecule is CC(=O)NCCNc1nnc(C)c2ccccc12. The lowest BCUT2D eigenvalue weighted by Gasteiger charge is -2.09. The Morgan fingerprint density at radius 3 is 2.61 bits per heavy atom. The first-order chi connectivity index (χ1) is 8.68. The molecule has 0 aliphatic carbocycles. The van der Waals surface area contributed by atoms with E-state index in [0.717, 1.165) is 22.3 Å². The van der Waals surface area contributed by atoms with E-state index in [1.54, 1.807) is 0 Å². The number of fused-ring (bicyclic) bond motifs is 1. The summed E-state index contributed by atoms with van der Waals surface area (Å²) in [5.41, 5.74) is 0.915. The van der Waals surface area contributed by atoms with Gasteiger partial charge in [0.2, 0.25) is 5.91 Å². The molecule has 94 valence electrons. The van der Waals surface area contributed by atoms with Gasteiger partial charge in [0.1, 0.15) is 0 Å². The molecule has 0 aliphatic heterocycles. The minimum absolute atomic E-state index is 0.0309. The van der Waals surface area contributed by atoms with E-state index >= 15 is 0 Å².